The number of nitrogen functional groups attached to an aromatic ring is 1. The summed E-state index contributed by atoms with van der Waals surface area (Å²) in [5.41, 5.74) is 8.46. The molecule has 0 heterocycles. The maximum atomic E-state index is 13.1. The smallest absolute Gasteiger partial charge is 0.123 e. The second-order valence-electron chi connectivity index (χ2n) is 4.37. The van der Waals surface area contributed by atoms with E-state index in [-0.39, 0.29) is 5.82 Å². The lowest BCUT2D eigenvalue weighted by molar-refractivity contribution is 0.625. The van der Waals surface area contributed by atoms with Gasteiger partial charge in [0, 0.05) is 19.3 Å². The molecule has 0 atom stereocenters. The van der Waals surface area contributed by atoms with Crippen LogP contribution in [0.2, 0.25) is 0 Å². The predicted octanol–water partition coefficient (Wildman–Crippen LogP) is 2.92. The predicted molar refractivity (Wildman–Crippen MR) is 74.1 cm³/mol. The Balaban J connectivity index is 2.18. The van der Waals surface area contributed by atoms with Crippen molar-refractivity contribution < 1.29 is 4.39 Å². The fraction of sp³-hybridized carbons (Fsp3) is 0.133. The molecule has 3 nitrogen and oxygen atoms in total. The zero-order valence-electron chi connectivity index (χ0n) is 10.6. The minimum atomic E-state index is -0.245. The summed E-state index contributed by atoms with van der Waals surface area (Å²) in [6, 6.07) is 13.8. The first-order valence-corrected chi connectivity index (χ1v) is 5.85. The largest absolute Gasteiger partial charge is 0.398 e. The molecular formula is C15H14FN3. The van der Waals surface area contributed by atoms with Crippen LogP contribution in [0.25, 0.3) is 0 Å². The first kappa shape index (κ1) is 12.9. The Kier molecular flexibility index (Phi) is 3.67. The van der Waals surface area contributed by atoms with Crippen molar-refractivity contribution in [3.8, 4) is 6.07 Å². The summed E-state index contributed by atoms with van der Waals surface area (Å²) in [7, 11) is 1.89. The Morgan fingerprint density at radius 1 is 1.26 bits per heavy atom. The van der Waals surface area contributed by atoms with E-state index < -0.39 is 0 Å². The van der Waals surface area contributed by atoms with Crippen LogP contribution >= 0.6 is 0 Å². The van der Waals surface area contributed by atoms with Crippen molar-refractivity contribution in [1.29, 1.82) is 5.26 Å². The van der Waals surface area contributed by atoms with Gasteiger partial charge in [0.1, 0.15) is 11.9 Å². The lowest BCUT2D eigenvalue weighted by Crippen LogP contribution is -2.16. The third-order valence-electron chi connectivity index (χ3n) is 2.91. The van der Waals surface area contributed by atoms with Gasteiger partial charge in [0.2, 0.25) is 0 Å². The van der Waals surface area contributed by atoms with Crippen LogP contribution in [0.5, 0.6) is 0 Å². The molecule has 2 aromatic carbocycles. The number of nitrogens with zero attached hydrogens (tertiary/aromatic N) is 2. The van der Waals surface area contributed by atoms with Gasteiger partial charge in [-0.25, -0.2) is 4.39 Å². The van der Waals surface area contributed by atoms with Gasteiger partial charge < -0.3 is 10.6 Å². The van der Waals surface area contributed by atoms with Crippen LogP contribution < -0.4 is 10.6 Å². The van der Waals surface area contributed by atoms with Gasteiger partial charge in [-0.2, -0.15) is 5.26 Å². The summed E-state index contributed by atoms with van der Waals surface area (Å²) < 4.78 is 13.1. The van der Waals surface area contributed by atoms with E-state index in [0.29, 0.717) is 17.8 Å². The van der Waals surface area contributed by atoms with Crippen molar-refractivity contribution in [2.45, 2.75) is 6.54 Å². The first-order valence-electron chi connectivity index (χ1n) is 5.85. The monoisotopic (exact) mass is 255 g/mol. The highest BCUT2D eigenvalue weighted by atomic mass is 19.1. The van der Waals surface area contributed by atoms with E-state index in [1.165, 1.54) is 12.1 Å². The highest BCUT2D eigenvalue weighted by Crippen LogP contribution is 2.21. The molecule has 0 aliphatic rings. The minimum Gasteiger partial charge on any atom is -0.398 e. The molecule has 0 aromatic heterocycles. The molecule has 2 rings (SSSR count). The Morgan fingerprint density at radius 2 is 2.05 bits per heavy atom. The fourth-order valence-electron chi connectivity index (χ4n) is 1.89. The minimum absolute atomic E-state index is 0.245. The van der Waals surface area contributed by atoms with E-state index >= 15 is 0 Å². The maximum Gasteiger partial charge on any atom is 0.123 e. The number of benzene rings is 2. The Bertz CT molecular complexity index is 632. The summed E-state index contributed by atoms with van der Waals surface area (Å²) in [6.07, 6.45) is 0. The Labute approximate surface area is 111 Å². The number of nitrogens with two attached hydrogens (primary N) is 1. The highest BCUT2D eigenvalue weighted by Gasteiger charge is 2.05. The molecule has 0 fully saturated rings. The van der Waals surface area contributed by atoms with E-state index in [9.17, 15) is 4.39 Å². The van der Waals surface area contributed by atoms with Crippen LogP contribution in [-0.4, -0.2) is 7.05 Å². The molecule has 0 saturated carbocycles. The van der Waals surface area contributed by atoms with Gasteiger partial charge in [-0.15, -0.1) is 0 Å². The van der Waals surface area contributed by atoms with Crippen molar-refractivity contribution in [1.82, 2.24) is 0 Å². The van der Waals surface area contributed by atoms with Gasteiger partial charge in [0.15, 0.2) is 0 Å². The SMILES string of the molecule is CN(Cc1cccc(F)c1)c1ccc(C#N)c(N)c1. The molecule has 2 aromatic rings. The molecule has 0 unspecified atom stereocenters. The van der Waals surface area contributed by atoms with Gasteiger partial charge in [0.05, 0.1) is 11.3 Å². The van der Waals surface area contributed by atoms with Crippen LogP contribution in [0, 0.1) is 17.1 Å². The molecule has 0 aliphatic heterocycles. The average Bonchev–Trinajstić information content (AvgIpc) is 2.38. The topological polar surface area (TPSA) is 53.0 Å². The van der Waals surface area contributed by atoms with Gasteiger partial charge >= 0.3 is 0 Å². The van der Waals surface area contributed by atoms with E-state index in [1.54, 1.807) is 18.2 Å². The Morgan fingerprint density at radius 3 is 2.68 bits per heavy atom. The van der Waals surface area contributed by atoms with E-state index in [1.807, 2.05) is 30.1 Å². The van der Waals surface area contributed by atoms with E-state index in [2.05, 4.69) is 0 Å². The van der Waals surface area contributed by atoms with Crippen LogP contribution in [0.1, 0.15) is 11.1 Å². The summed E-state index contributed by atoms with van der Waals surface area (Å²) in [5.74, 6) is -0.245. The van der Waals surface area contributed by atoms with Crippen molar-refractivity contribution in [2.75, 3.05) is 17.7 Å². The van der Waals surface area contributed by atoms with Crippen molar-refractivity contribution in [3.63, 3.8) is 0 Å². The summed E-state index contributed by atoms with van der Waals surface area (Å²) >= 11 is 0. The van der Waals surface area contributed by atoms with E-state index in [4.69, 9.17) is 11.0 Å². The molecule has 0 amide bonds. The third-order valence-corrected chi connectivity index (χ3v) is 2.91. The second kappa shape index (κ2) is 5.40. The number of rotatable bonds is 3. The van der Waals surface area contributed by atoms with Crippen molar-refractivity contribution >= 4 is 11.4 Å². The molecule has 2 N–H and O–H groups in total. The molecule has 0 radical (unpaired) electrons. The third kappa shape index (κ3) is 3.02. The fourth-order valence-corrected chi connectivity index (χ4v) is 1.89. The number of halogens is 1. The summed E-state index contributed by atoms with van der Waals surface area (Å²) in [4.78, 5) is 1.95. The first-order chi connectivity index (χ1) is 9.10. The van der Waals surface area contributed by atoms with Crippen LogP contribution in [0.3, 0.4) is 0 Å². The zero-order valence-corrected chi connectivity index (χ0v) is 10.6. The van der Waals surface area contributed by atoms with Gasteiger partial charge in [-0.3, -0.25) is 0 Å². The van der Waals surface area contributed by atoms with Crippen molar-refractivity contribution in [3.05, 3.63) is 59.4 Å². The Hall–Kier alpha value is -2.54. The van der Waals surface area contributed by atoms with Crippen LogP contribution in [0.4, 0.5) is 15.8 Å². The van der Waals surface area contributed by atoms with Gasteiger partial charge in [0.25, 0.3) is 0 Å². The molecular weight excluding hydrogens is 241 g/mol. The number of hydrogen-bond donors (Lipinski definition) is 1. The lowest BCUT2D eigenvalue weighted by Gasteiger charge is -2.20. The summed E-state index contributed by atoms with van der Waals surface area (Å²) in [5, 5.41) is 8.83. The van der Waals surface area contributed by atoms with Crippen LogP contribution in [0.15, 0.2) is 42.5 Å². The summed E-state index contributed by atoms with van der Waals surface area (Å²) in [6.45, 7) is 0.573. The van der Waals surface area contributed by atoms with Crippen LogP contribution in [-0.2, 0) is 6.54 Å². The van der Waals surface area contributed by atoms with Gasteiger partial charge in [-0.05, 0) is 35.9 Å². The normalized spacial score (nSPS) is 9.95. The lowest BCUT2D eigenvalue weighted by atomic mass is 10.1. The second-order valence-corrected chi connectivity index (χ2v) is 4.37. The molecule has 0 spiro atoms. The molecule has 4 heteroatoms. The highest BCUT2D eigenvalue weighted by molar-refractivity contribution is 5.63. The maximum absolute atomic E-state index is 13.1. The van der Waals surface area contributed by atoms with Gasteiger partial charge in [-0.1, -0.05) is 12.1 Å². The molecule has 96 valence electrons. The molecule has 0 aliphatic carbocycles. The van der Waals surface area contributed by atoms with Crippen molar-refractivity contribution in [2.24, 2.45) is 0 Å². The zero-order chi connectivity index (χ0) is 13.8. The number of nitriles is 1. The van der Waals surface area contributed by atoms with E-state index in [0.717, 1.165) is 11.3 Å². The quantitative estimate of drug-likeness (QED) is 0.858. The number of hydrogen-bond acceptors (Lipinski definition) is 3. The standard InChI is InChI=1S/C15H14FN3/c1-19(10-11-3-2-4-13(16)7-11)14-6-5-12(9-17)15(18)8-14/h2-8H,10,18H2,1H3. The molecule has 19 heavy (non-hydrogen) atoms. The molecule has 0 saturated heterocycles. The number of anilines is 2. The molecule has 0 bridgehead atoms. The average molecular weight is 255 g/mol.